The Bertz CT molecular complexity index is 727. The number of hydrogen-bond donors (Lipinski definition) is 0. The van der Waals surface area contributed by atoms with E-state index in [0.29, 0.717) is 19.5 Å². The van der Waals surface area contributed by atoms with Gasteiger partial charge in [0.2, 0.25) is 12.8 Å². The van der Waals surface area contributed by atoms with Gasteiger partial charge in [0.1, 0.15) is 0 Å². The third kappa shape index (κ3) is 4.76. The van der Waals surface area contributed by atoms with Crippen LogP contribution in [0.2, 0.25) is 0 Å². The normalized spacial score (nSPS) is 10.6. The van der Waals surface area contributed by atoms with E-state index in [2.05, 4.69) is 38.1 Å². The molecule has 2 aromatic rings. The number of amides is 2. The Balaban J connectivity index is 2.14. The molecule has 0 fully saturated rings. The molecule has 0 aliphatic rings. The van der Waals surface area contributed by atoms with Crippen LogP contribution >= 0.6 is 0 Å². The minimum Gasteiger partial charge on any atom is -0.314 e. The number of anilines is 2. The molecule has 0 atom stereocenters. The standard InChI is InChI=1S/C23H30N2O2/c1-16-10-18(3)22(19(4)11-16)24(14-26)8-7-9-25(15-27)23-20(5)12-17(2)13-21(23)6/h10-15H,7-9H2,1-6H3. The van der Waals surface area contributed by atoms with Crippen molar-refractivity contribution in [1.29, 1.82) is 0 Å². The summed E-state index contributed by atoms with van der Waals surface area (Å²) in [6, 6.07) is 8.37. The van der Waals surface area contributed by atoms with E-state index in [1.54, 1.807) is 9.80 Å². The molecule has 0 spiro atoms. The molecule has 2 aromatic carbocycles. The van der Waals surface area contributed by atoms with E-state index in [4.69, 9.17) is 0 Å². The Morgan fingerprint density at radius 2 is 0.926 bits per heavy atom. The van der Waals surface area contributed by atoms with Crippen molar-refractivity contribution in [1.82, 2.24) is 0 Å². The van der Waals surface area contributed by atoms with Crippen molar-refractivity contribution in [3.05, 3.63) is 57.6 Å². The van der Waals surface area contributed by atoms with Gasteiger partial charge in [0.25, 0.3) is 0 Å². The monoisotopic (exact) mass is 366 g/mol. The second-order valence-corrected chi connectivity index (χ2v) is 7.45. The molecule has 0 aromatic heterocycles. The lowest BCUT2D eigenvalue weighted by molar-refractivity contribution is -0.108. The maximum atomic E-state index is 11.7. The first-order chi connectivity index (χ1) is 12.8. The van der Waals surface area contributed by atoms with Crippen molar-refractivity contribution in [2.75, 3.05) is 22.9 Å². The van der Waals surface area contributed by atoms with Crippen LogP contribution in [0, 0.1) is 41.5 Å². The lowest BCUT2D eigenvalue weighted by Crippen LogP contribution is -2.30. The van der Waals surface area contributed by atoms with Crippen molar-refractivity contribution in [2.24, 2.45) is 0 Å². The van der Waals surface area contributed by atoms with Gasteiger partial charge >= 0.3 is 0 Å². The fraction of sp³-hybridized carbons (Fsp3) is 0.391. The lowest BCUT2D eigenvalue weighted by atomic mass is 10.0. The molecule has 0 saturated carbocycles. The highest BCUT2D eigenvalue weighted by molar-refractivity contribution is 5.80. The van der Waals surface area contributed by atoms with E-state index in [0.717, 1.165) is 46.4 Å². The number of rotatable bonds is 8. The van der Waals surface area contributed by atoms with Crippen LogP contribution in [0.5, 0.6) is 0 Å². The molecule has 0 unspecified atom stereocenters. The Labute approximate surface area is 162 Å². The van der Waals surface area contributed by atoms with E-state index >= 15 is 0 Å². The molecule has 0 aliphatic heterocycles. The van der Waals surface area contributed by atoms with Gasteiger partial charge in [0.05, 0.1) is 0 Å². The van der Waals surface area contributed by atoms with Crippen LogP contribution in [0.4, 0.5) is 11.4 Å². The second kappa shape index (κ2) is 8.85. The summed E-state index contributed by atoms with van der Waals surface area (Å²) in [4.78, 5) is 26.9. The Morgan fingerprint density at radius 1 is 0.630 bits per heavy atom. The lowest BCUT2D eigenvalue weighted by Gasteiger charge is -2.26. The maximum Gasteiger partial charge on any atom is 0.214 e. The highest BCUT2D eigenvalue weighted by atomic mass is 16.1. The van der Waals surface area contributed by atoms with Crippen LogP contribution in [0.1, 0.15) is 39.8 Å². The maximum absolute atomic E-state index is 11.7. The molecule has 0 heterocycles. The fourth-order valence-corrected chi connectivity index (χ4v) is 4.10. The molecular formula is C23H30N2O2. The Hall–Kier alpha value is -2.62. The van der Waals surface area contributed by atoms with Crippen LogP contribution in [0.15, 0.2) is 24.3 Å². The zero-order chi connectivity index (χ0) is 20.1. The molecule has 144 valence electrons. The van der Waals surface area contributed by atoms with Crippen LogP contribution in [-0.2, 0) is 9.59 Å². The molecule has 4 heteroatoms. The summed E-state index contributed by atoms with van der Waals surface area (Å²) in [6.07, 6.45) is 2.48. The third-order valence-corrected chi connectivity index (χ3v) is 4.90. The van der Waals surface area contributed by atoms with Gasteiger partial charge in [-0.1, -0.05) is 35.4 Å². The fourth-order valence-electron chi connectivity index (χ4n) is 4.10. The number of aryl methyl sites for hydroxylation is 6. The minimum atomic E-state index is 0.572. The number of carbonyl (C=O) groups is 2. The molecule has 0 bridgehead atoms. The summed E-state index contributed by atoms with van der Waals surface area (Å²) in [5, 5.41) is 0. The van der Waals surface area contributed by atoms with Crippen LogP contribution in [-0.4, -0.2) is 25.9 Å². The quantitative estimate of drug-likeness (QED) is 0.643. The zero-order valence-corrected chi connectivity index (χ0v) is 17.3. The molecule has 4 nitrogen and oxygen atoms in total. The Morgan fingerprint density at radius 3 is 1.19 bits per heavy atom. The molecule has 0 N–H and O–H groups in total. The van der Waals surface area contributed by atoms with Gasteiger partial charge in [-0.25, -0.2) is 0 Å². The van der Waals surface area contributed by atoms with Crippen molar-refractivity contribution in [3.8, 4) is 0 Å². The van der Waals surface area contributed by atoms with Crippen molar-refractivity contribution < 1.29 is 9.59 Å². The predicted octanol–water partition coefficient (Wildman–Crippen LogP) is 4.55. The predicted molar refractivity (Wildman–Crippen MR) is 113 cm³/mol. The summed E-state index contributed by atoms with van der Waals surface area (Å²) < 4.78 is 0. The number of hydrogen-bond acceptors (Lipinski definition) is 2. The van der Waals surface area contributed by atoms with Gasteiger partial charge < -0.3 is 9.80 Å². The van der Waals surface area contributed by atoms with E-state index in [-0.39, 0.29) is 0 Å². The molecule has 2 rings (SSSR count). The SMILES string of the molecule is Cc1cc(C)c(N(C=O)CCCN(C=O)c2c(C)cc(C)cc2C)c(C)c1. The molecule has 0 radical (unpaired) electrons. The van der Waals surface area contributed by atoms with Gasteiger partial charge in [0, 0.05) is 24.5 Å². The molecular weight excluding hydrogens is 336 g/mol. The third-order valence-electron chi connectivity index (χ3n) is 4.90. The minimum absolute atomic E-state index is 0.572. The van der Waals surface area contributed by atoms with Crippen molar-refractivity contribution in [3.63, 3.8) is 0 Å². The summed E-state index contributed by atoms with van der Waals surface area (Å²) in [5.74, 6) is 0. The zero-order valence-electron chi connectivity index (χ0n) is 17.3. The van der Waals surface area contributed by atoms with Crippen molar-refractivity contribution in [2.45, 2.75) is 48.0 Å². The van der Waals surface area contributed by atoms with Gasteiger partial charge in [-0.15, -0.1) is 0 Å². The van der Waals surface area contributed by atoms with Crippen LogP contribution < -0.4 is 9.80 Å². The average Bonchev–Trinajstić information content (AvgIpc) is 2.57. The highest BCUT2D eigenvalue weighted by Gasteiger charge is 2.15. The summed E-state index contributed by atoms with van der Waals surface area (Å²) in [7, 11) is 0. The molecule has 2 amide bonds. The topological polar surface area (TPSA) is 40.6 Å². The van der Waals surface area contributed by atoms with E-state index in [9.17, 15) is 9.59 Å². The van der Waals surface area contributed by atoms with Crippen LogP contribution in [0.3, 0.4) is 0 Å². The van der Waals surface area contributed by atoms with Gasteiger partial charge in [-0.05, 0) is 70.2 Å². The second-order valence-electron chi connectivity index (χ2n) is 7.45. The number of benzene rings is 2. The largest absolute Gasteiger partial charge is 0.314 e. The first-order valence-corrected chi connectivity index (χ1v) is 9.38. The van der Waals surface area contributed by atoms with Crippen LogP contribution in [0.25, 0.3) is 0 Å². The highest BCUT2D eigenvalue weighted by Crippen LogP contribution is 2.27. The van der Waals surface area contributed by atoms with E-state index < -0.39 is 0 Å². The van der Waals surface area contributed by atoms with Crippen molar-refractivity contribution >= 4 is 24.2 Å². The van der Waals surface area contributed by atoms with Gasteiger partial charge in [-0.3, -0.25) is 9.59 Å². The summed E-state index contributed by atoms with van der Waals surface area (Å²) in [6.45, 7) is 13.4. The molecule has 0 aliphatic carbocycles. The van der Waals surface area contributed by atoms with E-state index in [1.165, 1.54) is 11.1 Å². The van der Waals surface area contributed by atoms with Gasteiger partial charge in [0.15, 0.2) is 0 Å². The van der Waals surface area contributed by atoms with E-state index in [1.807, 2.05) is 27.7 Å². The number of nitrogens with zero attached hydrogens (tertiary/aromatic N) is 2. The molecule has 0 saturated heterocycles. The smallest absolute Gasteiger partial charge is 0.214 e. The summed E-state index contributed by atoms with van der Waals surface area (Å²) >= 11 is 0. The number of carbonyl (C=O) groups excluding carboxylic acids is 2. The first-order valence-electron chi connectivity index (χ1n) is 9.38. The average molecular weight is 367 g/mol. The summed E-state index contributed by atoms with van der Waals surface area (Å²) in [5.41, 5.74) is 8.70. The Kier molecular flexibility index (Phi) is 6.78. The molecule has 27 heavy (non-hydrogen) atoms. The first kappa shape index (κ1) is 20.7. The van der Waals surface area contributed by atoms with Gasteiger partial charge in [-0.2, -0.15) is 0 Å².